The van der Waals surface area contributed by atoms with Crippen molar-refractivity contribution in [2.75, 3.05) is 6.54 Å². The van der Waals surface area contributed by atoms with Crippen molar-refractivity contribution < 1.29 is 4.79 Å². The van der Waals surface area contributed by atoms with E-state index in [9.17, 15) is 4.79 Å². The maximum atomic E-state index is 9.96. The maximum Gasteiger partial charge on any atom is 0.207 e. The van der Waals surface area contributed by atoms with Gasteiger partial charge in [-0.05, 0) is 18.3 Å². The summed E-state index contributed by atoms with van der Waals surface area (Å²) in [5, 5.41) is 2.74. The summed E-state index contributed by atoms with van der Waals surface area (Å²) >= 11 is 0. The van der Waals surface area contributed by atoms with Crippen molar-refractivity contribution in [3.05, 3.63) is 0 Å². The van der Waals surface area contributed by atoms with E-state index in [4.69, 9.17) is 0 Å². The molecule has 0 aliphatic heterocycles. The van der Waals surface area contributed by atoms with E-state index in [-0.39, 0.29) is 0 Å². The minimum atomic E-state index is 0.741. The molecule has 2 heteroatoms. The van der Waals surface area contributed by atoms with E-state index >= 15 is 0 Å². The lowest BCUT2D eigenvalue weighted by molar-refractivity contribution is -0.109. The quantitative estimate of drug-likeness (QED) is 0.587. The number of amides is 1. The third kappa shape index (κ3) is 1.72. The lowest BCUT2D eigenvalue weighted by Gasteiger charge is -2.13. The highest BCUT2D eigenvalue weighted by molar-refractivity contribution is 5.45. The molecule has 0 aromatic heterocycles. The number of carbonyl (C=O) groups excluding carboxylic acids is 1. The highest BCUT2D eigenvalue weighted by Crippen LogP contribution is 2.30. The summed E-state index contributed by atoms with van der Waals surface area (Å²) in [4.78, 5) is 9.96. The molecule has 10 heavy (non-hydrogen) atoms. The fourth-order valence-electron chi connectivity index (χ4n) is 1.72. The molecule has 2 atom stereocenters. The molecule has 0 spiro atoms. The Hall–Kier alpha value is -0.530. The molecule has 1 aliphatic rings. The Balaban J connectivity index is 2.19. The van der Waals surface area contributed by atoms with Gasteiger partial charge >= 0.3 is 0 Å². The first kappa shape index (κ1) is 7.58. The van der Waals surface area contributed by atoms with Crippen molar-refractivity contribution >= 4 is 6.41 Å². The molecule has 1 saturated carbocycles. The van der Waals surface area contributed by atoms with Gasteiger partial charge in [0.15, 0.2) is 0 Å². The number of hydrogen-bond donors (Lipinski definition) is 1. The first-order chi connectivity index (χ1) is 4.84. The van der Waals surface area contributed by atoms with Crippen molar-refractivity contribution in [2.45, 2.75) is 26.2 Å². The van der Waals surface area contributed by atoms with E-state index in [1.165, 1.54) is 19.3 Å². The molecule has 1 N–H and O–H groups in total. The van der Waals surface area contributed by atoms with E-state index in [1.807, 2.05) is 0 Å². The largest absolute Gasteiger partial charge is 0.358 e. The van der Waals surface area contributed by atoms with Crippen LogP contribution < -0.4 is 5.32 Å². The smallest absolute Gasteiger partial charge is 0.207 e. The van der Waals surface area contributed by atoms with Gasteiger partial charge < -0.3 is 5.32 Å². The fraction of sp³-hybridized carbons (Fsp3) is 0.875. The summed E-state index contributed by atoms with van der Waals surface area (Å²) in [6.07, 6.45) is 4.77. The van der Waals surface area contributed by atoms with Crippen molar-refractivity contribution in [3.63, 3.8) is 0 Å². The number of carbonyl (C=O) groups is 1. The van der Waals surface area contributed by atoms with Crippen LogP contribution in [-0.4, -0.2) is 13.0 Å². The molecular weight excluding hydrogens is 126 g/mol. The second kappa shape index (κ2) is 3.59. The van der Waals surface area contributed by atoms with Gasteiger partial charge in [0, 0.05) is 6.54 Å². The van der Waals surface area contributed by atoms with Crippen LogP contribution in [0.15, 0.2) is 0 Å². The Morgan fingerprint density at radius 1 is 1.60 bits per heavy atom. The third-order valence-electron chi connectivity index (χ3n) is 2.50. The number of rotatable bonds is 3. The monoisotopic (exact) mass is 141 g/mol. The second-order valence-electron chi connectivity index (χ2n) is 3.19. The molecule has 0 aromatic rings. The van der Waals surface area contributed by atoms with Crippen LogP contribution in [0.1, 0.15) is 26.2 Å². The zero-order valence-electron chi connectivity index (χ0n) is 6.47. The Morgan fingerprint density at radius 2 is 2.40 bits per heavy atom. The molecule has 1 rings (SSSR count). The summed E-state index contributed by atoms with van der Waals surface area (Å²) in [7, 11) is 0. The van der Waals surface area contributed by atoms with Gasteiger partial charge in [0.25, 0.3) is 0 Å². The van der Waals surface area contributed by atoms with Crippen LogP contribution in [0.25, 0.3) is 0 Å². The minimum absolute atomic E-state index is 0.741. The molecule has 1 amide bonds. The topological polar surface area (TPSA) is 29.1 Å². The first-order valence-corrected chi connectivity index (χ1v) is 4.01. The fourth-order valence-corrected chi connectivity index (χ4v) is 1.72. The van der Waals surface area contributed by atoms with E-state index in [2.05, 4.69) is 12.2 Å². The van der Waals surface area contributed by atoms with E-state index in [0.717, 1.165) is 24.8 Å². The summed E-state index contributed by atoms with van der Waals surface area (Å²) in [6, 6.07) is 0. The standard InChI is InChI=1S/C8H15NO/c1-7-3-2-4-8(7)5-9-6-10/h6-8H,2-5H2,1H3,(H,9,10). The molecule has 2 unspecified atom stereocenters. The Labute approximate surface area is 62.0 Å². The normalized spacial score (nSPS) is 32.1. The molecule has 58 valence electrons. The Morgan fingerprint density at radius 3 is 2.90 bits per heavy atom. The molecule has 2 nitrogen and oxygen atoms in total. The van der Waals surface area contributed by atoms with Crippen LogP contribution in [0.3, 0.4) is 0 Å². The Kier molecular flexibility index (Phi) is 2.72. The highest BCUT2D eigenvalue weighted by Gasteiger charge is 2.22. The predicted octanol–water partition coefficient (Wildman–Crippen LogP) is 1.17. The van der Waals surface area contributed by atoms with Crippen molar-refractivity contribution in [1.82, 2.24) is 5.32 Å². The van der Waals surface area contributed by atoms with Gasteiger partial charge in [0.2, 0.25) is 6.41 Å². The second-order valence-corrected chi connectivity index (χ2v) is 3.19. The zero-order chi connectivity index (χ0) is 7.40. The molecule has 0 radical (unpaired) electrons. The summed E-state index contributed by atoms with van der Waals surface area (Å²) in [5.74, 6) is 1.55. The zero-order valence-corrected chi connectivity index (χ0v) is 6.47. The van der Waals surface area contributed by atoms with E-state index < -0.39 is 0 Å². The lowest BCUT2D eigenvalue weighted by atomic mass is 9.98. The van der Waals surface area contributed by atoms with E-state index in [0.29, 0.717) is 0 Å². The van der Waals surface area contributed by atoms with Gasteiger partial charge in [0.1, 0.15) is 0 Å². The van der Waals surface area contributed by atoms with Crippen LogP contribution in [0, 0.1) is 11.8 Å². The molecule has 1 aliphatic carbocycles. The van der Waals surface area contributed by atoms with Gasteiger partial charge in [-0.15, -0.1) is 0 Å². The Bertz CT molecular complexity index is 114. The van der Waals surface area contributed by atoms with Gasteiger partial charge in [-0.2, -0.15) is 0 Å². The average Bonchev–Trinajstić information content (AvgIpc) is 2.31. The average molecular weight is 141 g/mol. The van der Waals surface area contributed by atoms with Crippen molar-refractivity contribution in [1.29, 1.82) is 0 Å². The molecule has 0 heterocycles. The van der Waals surface area contributed by atoms with Gasteiger partial charge in [-0.1, -0.05) is 19.8 Å². The van der Waals surface area contributed by atoms with Gasteiger partial charge in [-0.3, -0.25) is 4.79 Å². The molecule has 0 bridgehead atoms. The predicted molar refractivity (Wildman–Crippen MR) is 40.6 cm³/mol. The molecule has 0 aromatic carbocycles. The van der Waals surface area contributed by atoms with Crippen LogP contribution in [-0.2, 0) is 4.79 Å². The summed E-state index contributed by atoms with van der Waals surface area (Å²) < 4.78 is 0. The van der Waals surface area contributed by atoms with Crippen LogP contribution >= 0.6 is 0 Å². The molecular formula is C8H15NO. The first-order valence-electron chi connectivity index (χ1n) is 4.01. The van der Waals surface area contributed by atoms with Crippen molar-refractivity contribution in [3.8, 4) is 0 Å². The third-order valence-corrected chi connectivity index (χ3v) is 2.50. The highest BCUT2D eigenvalue weighted by atomic mass is 16.1. The van der Waals surface area contributed by atoms with Crippen LogP contribution in [0.4, 0.5) is 0 Å². The number of hydrogen-bond acceptors (Lipinski definition) is 1. The lowest BCUT2D eigenvalue weighted by Crippen LogP contribution is -2.22. The van der Waals surface area contributed by atoms with Gasteiger partial charge in [0.05, 0.1) is 0 Å². The molecule has 1 fully saturated rings. The summed E-state index contributed by atoms with van der Waals surface area (Å²) in [5.41, 5.74) is 0. The maximum absolute atomic E-state index is 9.96. The van der Waals surface area contributed by atoms with Crippen LogP contribution in [0.2, 0.25) is 0 Å². The SMILES string of the molecule is CC1CCCC1CNC=O. The van der Waals surface area contributed by atoms with Gasteiger partial charge in [-0.25, -0.2) is 0 Å². The van der Waals surface area contributed by atoms with E-state index in [1.54, 1.807) is 0 Å². The molecule has 0 saturated heterocycles. The van der Waals surface area contributed by atoms with Crippen LogP contribution in [0.5, 0.6) is 0 Å². The minimum Gasteiger partial charge on any atom is -0.358 e. The number of nitrogens with one attached hydrogen (secondary N) is 1. The van der Waals surface area contributed by atoms with Crippen molar-refractivity contribution in [2.24, 2.45) is 11.8 Å². The summed E-state index contributed by atoms with van der Waals surface area (Å²) in [6.45, 7) is 3.15.